The fourth-order valence-corrected chi connectivity index (χ4v) is 1.80. The molecule has 1 atom stereocenters. The topological polar surface area (TPSA) is 29.1 Å². The summed E-state index contributed by atoms with van der Waals surface area (Å²) in [5, 5.41) is 2.55. The van der Waals surface area contributed by atoms with Gasteiger partial charge in [0.2, 0.25) is 5.91 Å². The van der Waals surface area contributed by atoms with Crippen LogP contribution >= 0.6 is 0 Å². The molecule has 4 heteroatoms. The van der Waals surface area contributed by atoms with Crippen molar-refractivity contribution in [3.8, 4) is 0 Å². The van der Waals surface area contributed by atoms with Crippen molar-refractivity contribution in [2.45, 2.75) is 51.5 Å². The lowest BCUT2D eigenvalue weighted by atomic mass is 9.85. The van der Waals surface area contributed by atoms with Crippen LogP contribution in [-0.2, 0) is 4.79 Å². The molecule has 0 aliphatic heterocycles. The highest BCUT2D eigenvalue weighted by Crippen LogP contribution is 2.38. The summed E-state index contributed by atoms with van der Waals surface area (Å²) in [6.45, 7) is 3.55. The predicted molar refractivity (Wildman–Crippen MR) is 50.2 cm³/mol. The lowest BCUT2D eigenvalue weighted by Crippen LogP contribution is -2.45. The Morgan fingerprint density at radius 3 is 2.57 bits per heavy atom. The number of carbonyl (C=O) groups excluding carboxylic acids is 1. The van der Waals surface area contributed by atoms with Crippen LogP contribution in [0.25, 0.3) is 0 Å². The summed E-state index contributed by atoms with van der Waals surface area (Å²) in [7, 11) is 0. The van der Waals surface area contributed by atoms with Crippen LogP contribution in [0.3, 0.4) is 0 Å². The fraction of sp³-hybridized carbons (Fsp3) is 0.900. The van der Waals surface area contributed by atoms with E-state index in [0.29, 0.717) is 12.8 Å². The zero-order valence-electron chi connectivity index (χ0n) is 8.65. The minimum Gasteiger partial charge on any atom is -0.353 e. The number of alkyl halides is 2. The molecule has 82 valence electrons. The third-order valence-corrected chi connectivity index (χ3v) is 2.51. The van der Waals surface area contributed by atoms with Crippen molar-refractivity contribution in [2.24, 2.45) is 5.92 Å². The van der Waals surface area contributed by atoms with Gasteiger partial charge in [0.1, 0.15) is 5.92 Å². The first-order valence-corrected chi connectivity index (χ1v) is 5.11. The van der Waals surface area contributed by atoms with E-state index < -0.39 is 17.7 Å². The van der Waals surface area contributed by atoms with E-state index in [4.69, 9.17) is 0 Å². The van der Waals surface area contributed by atoms with E-state index >= 15 is 0 Å². The number of hydrogen-bond donors (Lipinski definition) is 1. The lowest BCUT2D eigenvalue weighted by molar-refractivity contribution is -0.145. The highest BCUT2D eigenvalue weighted by Gasteiger charge is 2.45. The van der Waals surface area contributed by atoms with Gasteiger partial charge in [-0.25, -0.2) is 8.78 Å². The maximum atomic E-state index is 13.3. The van der Waals surface area contributed by atoms with E-state index in [2.05, 4.69) is 5.32 Å². The summed E-state index contributed by atoms with van der Waals surface area (Å²) in [5.74, 6) is -4.42. The number of hydrogen-bond acceptors (Lipinski definition) is 1. The second-order valence-corrected chi connectivity index (χ2v) is 4.22. The van der Waals surface area contributed by atoms with Gasteiger partial charge in [-0.05, 0) is 26.7 Å². The van der Waals surface area contributed by atoms with E-state index in [1.165, 1.54) is 0 Å². The van der Waals surface area contributed by atoms with Gasteiger partial charge in [0.05, 0.1) is 0 Å². The van der Waals surface area contributed by atoms with Gasteiger partial charge in [-0.3, -0.25) is 4.79 Å². The molecule has 0 radical (unpaired) electrons. The molecule has 0 saturated heterocycles. The summed E-state index contributed by atoms with van der Waals surface area (Å²) < 4.78 is 26.6. The number of amides is 1. The van der Waals surface area contributed by atoms with E-state index in [-0.39, 0.29) is 12.5 Å². The Kier molecular flexibility index (Phi) is 3.45. The van der Waals surface area contributed by atoms with Gasteiger partial charge in [-0.15, -0.1) is 0 Å². The van der Waals surface area contributed by atoms with Crippen molar-refractivity contribution in [1.82, 2.24) is 5.32 Å². The van der Waals surface area contributed by atoms with Crippen molar-refractivity contribution < 1.29 is 13.6 Å². The van der Waals surface area contributed by atoms with Crippen LogP contribution in [0.4, 0.5) is 8.78 Å². The standard InChI is InChI=1S/C10H17F2NO/c1-7(2)13-9(14)8-5-3-4-6-10(8,11)12/h7-8H,3-6H2,1-2H3,(H,13,14). The van der Waals surface area contributed by atoms with Gasteiger partial charge in [0.15, 0.2) is 0 Å². The highest BCUT2D eigenvalue weighted by molar-refractivity contribution is 5.80. The Morgan fingerprint density at radius 2 is 2.07 bits per heavy atom. The average molecular weight is 205 g/mol. The Bertz CT molecular complexity index is 216. The third kappa shape index (κ3) is 2.66. The summed E-state index contributed by atoms with van der Waals surface area (Å²) in [4.78, 5) is 11.4. The minimum absolute atomic E-state index is 0.0692. The largest absolute Gasteiger partial charge is 0.353 e. The van der Waals surface area contributed by atoms with Crippen LogP contribution in [0, 0.1) is 5.92 Å². The third-order valence-electron chi connectivity index (χ3n) is 2.51. The van der Waals surface area contributed by atoms with Crippen molar-refractivity contribution >= 4 is 5.91 Å². The monoisotopic (exact) mass is 205 g/mol. The molecule has 0 aromatic rings. The van der Waals surface area contributed by atoms with Crippen LogP contribution in [0.2, 0.25) is 0 Å². The van der Waals surface area contributed by atoms with E-state index in [0.717, 1.165) is 6.42 Å². The van der Waals surface area contributed by atoms with Crippen molar-refractivity contribution in [1.29, 1.82) is 0 Å². The van der Waals surface area contributed by atoms with E-state index in [1.54, 1.807) is 13.8 Å². The van der Waals surface area contributed by atoms with Crippen LogP contribution < -0.4 is 5.32 Å². The molecule has 0 bridgehead atoms. The molecule has 1 rings (SSSR count). The molecule has 1 amide bonds. The molecule has 1 aliphatic carbocycles. The average Bonchev–Trinajstić information content (AvgIpc) is 2.01. The molecule has 1 N–H and O–H groups in total. The molecule has 0 aromatic carbocycles. The molecule has 1 aliphatic rings. The van der Waals surface area contributed by atoms with Crippen molar-refractivity contribution in [2.75, 3.05) is 0 Å². The highest BCUT2D eigenvalue weighted by atomic mass is 19.3. The van der Waals surface area contributed by atoms with Gasteiger partial charge in [-0.2, -0.15) is 0 Å². The molecule has 0 aromatic heterocycles. The molecule has 1 unspecified atom stereocenters. The summed E-state index contributed by atoms with van der Waals surface area (Å²) in [6, 6.07) is -0.0692. The minimum atomic E-state index is -2.81. The first-order valence-electron chi connectivity index (χ1n) is 5.11. The predicted octanol–water partition coefficient (Wildman–Crippen LogP) is 2.34. The SMILES string of the molecule is CC(C)NC(=O)C1CCCCC1(F)F. The molecular weight excluding hydrogens is 188 g/mol. The second-order valence-electron chi connectivity index (χ2n) is 4.22. The van der Waals surface area contributed by atoms with E-state index in [9.17, 15) is 13.6 Å². The van der Waals surface area contributed by atoms with Gasteiger partial charge in [0.25, 0.3) is 5.92 Å². The molecule has 0 heterocycles. The molecule has 2 nitrogen and oxygen atoms in total. The smallest absolute Gasteiger partial charge is 0.259 e. The fourth-order valence-electron chi connectivity index (χ4n) is 1.80. The Hall–Kier alpha value is -0.670. The van der Waals surface area contributed by atoms with Crippen molar-refractivity contribution in [3.05, 3.63) is 0 Å². The Balaban J connectivity index is 2.60. The maximum Gasteiger partial charge on any atom is 0.259 e. The zero-order valence-corrected chi connectivity index (χ0v) is 8.65. The second kappa shape index (κ2) is 4.24. The molecule has 1 saturated carbocycles. The van der Waals surface area contributed by atoms with E-state index in [1.807, 2.05) is 0 Å². The Labute approximate surface area is 83.1 Å². The molecule has 1 fully saturated rings. The molecule has 14 heavy (non-hydrogen) atoms. The lowest BCUT2D eigenvalue weighted by Gasteiger charge is -2.30. The first kappa shape index (κ1) is 11.4. The summed E-state index contributed by atoms with van der Waals surface area (Å²) in [5.41, 5.74) is 0. The summed E-state index contributed by atoms with van der Waals surface area (Å²) >= 11 is 0. The number of halogens is 2. The normalized spacial score (nSPS) is 26.2. The molecular formula is C10H17F2NO. The maximum absolute atomic E-state index is 13.3. The first-order chi connectivity index (χ1) is 6.43. The quantitative estimate of drug-likeness (QED) is 0.736. The van der Waals surface area contributed by atoms with Gasteiger partial charge in [0, 0.05) is 12.5 Å². The Morgan fingerprint density at radius 1 is 1.43 bits per heavy atom. The van der Waals surface area contributed by atoms with Gasteiger partial charge < -0.3 is 5.32 Å². The van der Waals surface area contributed by atoms with Crippen LogP contribution in [0.1, 0.15) is 39.5 Å². The van der Waals surface area contributed by atoms with Crippen LogP contribution in [-0.4, -0.2) is 17.9 Å². The number of nitrogens with one attached hydrogen (secondary N) is 1. The summed E-state index contributed by atoms with van der Waals surface area (Å²) in [6.07, 6.45) is 1.42. The number of carbonyl (C=O) groups is 1. The van der Waals surface area contributed by atoms with Crippen molar-refractivity contribution in [3.63, 3.8) is 0 Å². The molecule has 0 spiro atoms. The van der Waals surface area contributed by atoms with Crippen LogP contribution in [0.5, 0.6) is 0 Å². The van der Waals surface area contributed by atoms with Gasteiger partial charge >= 0.3 is 0 Å². The zero-order chi connectivity index (χ0) is 10.8. The van der Waals surface area contributed by atoms with Crippen LogP contribution in [0.15, 0.2) is 0 Å². The number of rotatable bonds is 2. The van der Waals surface area contributed by atoms with Gasteiger partial charge in [-0.1, -0.05) is 6.42 Å².